The molecule has 0 heterocycles. The number of aliphatic hydroxyl groups excluding tert-OH is 1. The number of aliphatic hydroxyl groups is 1. The Hall–Kier alpha value is -0.970. The number of methoxy groups -OCH3 is 1. The Labute approximate surface area is 121 Å². The number of ether oxygens (including phenoxy) is 1. The van der Waals surface area contributed by atoms with Crippen molar-refractivity contribution >= 4 is 0 Å². The van der Waals surface area contributed by atoms with E-state index in [2.05, 4.69) is 18.7 Å². The van der Waals surface area contributed by atoms with Gasteiger partial charge in [0.05, 0.1) is 12.7 Å². The molecule has 0 aliphatic carbocycles. The number of hydrogen-bond donors (Lipinski definition) is 1. The standard InChI is InChI=1S/C16H26FNO2/c1-4-13(2)18(10-11-20-3)9-8-16(19)14-6-5-7-15(17)12-14/h5-7,12-13,16,19H,4,8-11H2,1-3H3. The smallest absolute Gasteiger partial charge is 0.123 e. The molecule has 1 aromatic carbocycles. The lowest BCUT2D eigenvalue weighted by molar-refractivity contribution is 0.0965. The number of nitrogens with zero attached hydrogens (tertiary/aromatic N) is 1. The highest BCUT2D eigenvalue weighted by atomic mass is 19.1. The van der Waals surface area contributed by atoms with Crippen LogP contribution in [0.4, 0.5) is 4.39 Å². The first-order valence-electron chi connectivity index (χ1n) is 7.25. The van der Waals surface area contributed by atoms with E-state index in [4.69, 9.17) is 4.74 Å². The predicted molar refractivity (Wildman–Crippen MR) is 79.2 cm³/mol. The molecule has 0 bridgehead atoms. The average Bonchev–Trinajstić information content (AvgIpc) is 2.46. The van der Waals surface area contributed by atoms with Crippen molar-refractivity contribution < 1.29 is 14.2 Å². The fourth-order valence-corrected chi connectivity index (χ4v) is 2.19. The van der Waals surface area contributed by atoms with Crippen LogP contribution in [0.25, 0.3) is 0 Å². The highest BCUT2D eigenvalue weighted by Crippen LogP contribution is 2.18. The van der Waals surface area contributed by atoms with Gasteiger partial charge in [0.15, 0.2) is 0 Å². The van der Waals surface area contributed by atoms with Gasteiger partial charge in [0.1, 0.15) is 5.82 Å². The van der Waals surface area contributed by atoms with Crippen molar-refractivity contribution in [1.29, 1.82) is 0 Å². The van der Waals surface area contributed by atoms with Gasteiger partial charge in [0, 0.05) is 26.2 Å². The van der Waals surface area contributed by atoms with E-state index in [0.717, 1.165) is 19.5 Å². The van der Waals surface area contributed by atoms with Crippen LogP contribution in [0.1, 0.15) is 38.4 Å². The summed E-state index contributed by atoms with van der Waals surface area (Å²) in [7, 11) is 1.69. The van der Waals surface area contributed by atoms with Gasteiger partial charge in [-0.05, 0) is 37.5 Å². The molecule has 0 spiro atoms. The van der Waals surface area contributed by atoms with Crippen LogP contribution in [0.15, 0.2) is 24.3 Å². The normalized spacial score (nSPS) is 14.5. The SMILES string of the molecule is CCC(C)N(CCOC)CCC(O)c1cccc(F)c1. The van der Waals surface area contributed by atoms with Crippen LogP contribution < -0.4 is 0 Å². The monoisotopic (exact) mass is 283 g/mol. The number of rotatable bonds is 9. The maximum atomic E-state index is 13.1. The topological polar surface area (TPSA) is 32.7 Å². The summed E-state index contributed by atoms with van der Waals surface area (Å²) in [6, 6.07) is 6.62. The zero-order valence-electron chi connectivity index (χ0n) is 12.7. The minimum Gasteiger partial charge on any atom is -0.388 e. The van der Waals surface area contributed by atoms with Gasteiger partial charge in [-0.3, -0.25) is 4.90 Å². The van der Waals surface area contributed by atoms with Crippen molar-refractivity contribution in [3.05, 3.63) is 35.6 Å². The molecule has 20 heavy (non-hydrogen) atoms. The molecule has 1 aromatic rings. The highest BCUT2D eigenvalue weighted by molar-refractivity contribution is 5.18. The fourth-order valence-electron chi connectivity index (χ4n) is 2.19. The second kappa shape index (κ2) is 9.06. The van der Waals surface area contributed by atoms with E-state index < -0.39 is 6.10 Å². The van der Waals surface area contributed by atoms with Crippen LogP contribution in [-0.4, -0.2) is 42.9 Å². The Kier molecular flexibility index (Phi) is 7.73. The molecule has 0 saturated heterocycles. The maximum Gasteiger partial charge on any atom is 0.123 e. The first kappa shape index (κ1) is 17.1. The van der Waals surface area contributed by atoms with Gasteiger partial charge in [-0.25, -0.2) is 4.39 Å². The average molecular weight is 283 g/mol. The van der Waals surface area contributed by atoms with Crippen LogP contribution >= 0.6 is 0 Å². The van der Waals surface area contributed by atoms with Gasteiger partial charge in [0.2, 0.25) is 0 Å². The summed E-state index contributed by atoms with van der Waals surface area (Å²) in [5.41, 5.74) is 0.640. The second-order valence-corrected chi connectivity index (χ2v) is 5.15. The Morgan fingerprint density at radius 2 is 2.10 bits per heavy atom. The first-order valence-corrected chi connectivity index (χ1v) is 7.25. The van der Waals surface area contributed by atoms with Gasteiger partial charge in [-0.15, -0.1) is 0 Å². The maximum absolute atomic E-state index is 13.1. The van der Waals surface area contributed by atoms with Gasteiger partial charge in [0.25, 0.3) is 0 Å². The fraction of sp³-hybridized carbons (Fsp3) is 0.625. The molecular formula is C16H26FNO2. The van der Waals surface area contributed by atoms with E-state index >= 15 is 0 Å². The molecule has 0 amide bonds. The predicted octanol–water partition coefficient (Wildman–Crippen LogP) is 3.00. The van der Waals surface area contributed by atoms with Crippen LogP contribution in [0.2, 0.25) is 0 Å². The van der Waals surface area contributed by atoms with Crippen LogP contribution in [0, 0.1) is 5.82 Å². The Morgan fingerprint density at radius 3 is 2.70 bits per heavy atom. The molecule has 2 atom stereocenters. The largest absolute Gasteiger partial charge is 0.388 e. The molecule has 1 N–H and O–H groups in total. The molecule has 0 aliphatic heterocycles. The lowest BCUT2D eigenvalue weighted by Gasteiger charge is -2.29. The van der Waals surface area contributed by atoms with Crippen LogP contribution in [0.5, 0.6) is 0 Å². The van der Waals surface area contributed by atoms with Crippen molar-refractivity contribution in [2.24, 2.45) is 0 Å². The number of benzene rings is 1. The summed E-state index contributed by atoms with van der Waals surface area (Å²) in [4.78, 5) is 2.30. The third-order valence-corrected chi connectivity index (χ3v) is 3.72. The van der Waals surface area contributed by atoms with Gasteiger partial charge < -0.3 is 9.84 Å². The van der Waals surface area contributed by atoms with Crippen molar-refractivity contribution in [3.63, 3.8) is 0 Å². The van der Waals surface area contributed by atoms with E-state index in [-0.39, 0.29) is 5.82 Å². The molecule has 1 rings (SSSR count). The Bertz CT molecular complexity index is 386. The van der Waals surface area contributed by atoms with Crippen LogP contribution in [0.3, 0.4) is 0 Å². The molecule has 0 aromatic heterocycles. The number of hydrogen-bond acceptors (Lipinski definition) is 3. The molecule has 114 valence electrons. The van der Waals surface area contributed by atoms with Gasteiger partial charge in [-0.1, -0.05) is 19.1 Å². The molecular weight excluding hydrogens is 257 g/mol. The summed E-state index contributed by atoms with van der Waals surface area (Å²) in [5, 5.41) is 10.1. The summed E-state index contributed by atoms with van der Waals surface area (Å²) >= 11 is 0. The third kappa shape index (κ3) is 5.57. The summed E-state index contributed by atoms with van der Waals surface area (Å²) in [5.74, 6) is -0.306. The minimum atomic E-state index is -0.625. The summed E-state index contributed by atoms with van der Waals surface area (Å²) in [6.07, 6.45) is 1.02. The Morgan fingerprint density at radius 1 is 1.35 bits per heavy atom. The summed E-state index contributed by atoms with van der Waals surface area (Å²) < 4.78 is 18.3. The van der Waals surface area contributed by atoms with Crippen molar-refractivity contribution in [3.8, 4) is 0 Å². The molecule has 0 aliphatic rings. The zero-order chi connectivity index (χ0) is 15.0. The molecule has 0 radical (unpaired) electrons. The highest BCUT2D eigenvalue weighted by Gasteiger charge is 2.15. The Balaban J connectivity index is 2.53. The van der Waals surface area contributed by atoms with Crippen molar-refractivity contribution in [2.45, 2.75) is 38.8 Å². The van der Waals surface area contributed by atoms with E-state index in [1.807, 2.05) is 0 Å². The second-order valence-electron chi connectivity index (χ2n) is 5.15. The van der Waals surface area contributed by atoms with E-state index in [0.29, 0.717) is 24.6 Å². The van der Waals surface area contributed by atoms with Crippen LogP contribution in [-0.2, 0) is 4.74 Å². The molecule has 0 fully saturated rings. The summed E-state index contributed by atoms with van der Waals surface area (Å²) in [6.45, 7) is 6.62. The van der Waals surface area contributed by atoms with E-state index in [1.165, 1.54) is 12.1 Å². The quantitative estimate of drug-likeness (QED) is 0.756. The first-order chi connectivity index (χ1) is 9.58. The lowest BCUT2D eigenvalue weighted by Crippen LogP contribution is -2.36. The van der Waals surface area contributed by atoms with E-state index in [9.17, 15) is 9.50 Å². The van der Waals surface area contributed by atoms with Crippen molar-refractivity contribution in [2.75, 3.05) is 26.8 Å². The number of halogens is 1. The molecule has 2 unspecified atom stereocenters. The third-order valence-electron chi connectivity index (χ3n) is 3.72. The lowest BCUT2D eigenvalue weighted by atomic mass is 10.1. The zero-order valence-corrected chi connectivity index (χ0v) is 12.7. The molecule has 4 heteroatoms. The molecule has 0 saturated carbocycles. The minimum absolute atomic E-state index is 0.306. The molecule has 3 nitrogen and oxygen atoms in total. The van der Waals surface area contributed by atoms with Gasteiger partial charge >= 0.3 is 0 Å². The van der Waals surface area contributed by atoms with Gasteiger partial charge in [-0.2, -0.15) is 0 Å². The van der Waals surface area contributed by atoms with E-state index in [1.54, 1.807) is 19.2 Å². The van der Waals surface area contributed by atoms with Crippen molar-refractivity contribution in [1.82, 2.24) is 4.90 Å².